The lowest BCUT2D eigenvalue weighted by Crippen LogP contribution is -2.19. The number of methoxy groups -OCH3 is 1. The third-order valence-electron chi connectivity index (χ3n) is 3.04. The highest BCUT2D eigenvalue weighted by Gasteiger charge is 2.12. The molecule has 0 saturated heterocycles. The second-order valence-corrected chi connectivity index (χ2v) is 4.68. The Morgan fingerprint density at radius 2 is 2.00 bits per heavy atom. The van der Waals surface area contributed by atoms with E-state index in [0.29, 0.717) is 12.1 Å². The molecule has 0 fully saturated rings. The summed E-state index contributed by atoms with van der Waals surface area (Å²) in [7, 11) is 3.42. The number of rotatable bonds is 5. The minimum Gasteiger partial charge on any atom is -0.465 e. The SMILES string of the molecule is COC(=O)c1ccccc1CN(C)Cc1cccnc1. The van der Waals surface area contributed by atoms with Gasteiger partial charge in [-0.3, -0.25) is 9.88 Å². The van der Waals surface area contributed by atoms with Crippen LogP contribution in [0.1, 0.15) is 21.5 Å². The van der Waals surface area contributed by atoms with Gasteiger partial charge in [0.15, 0.2) is 0 Å². The van der Waals surface area contributed by atoms with Crippen LogP contribution in [0.5, 0.6) is 0 Å². The van der Waals surface area contributed by atoms with E-state index in [1.807, 2.05) is 43.6 Å². The highest BCUT2D eigenvalue weighted by Crippen LogP contribution is 2.13. The van der Waals surface area contributed by atoms with Crippen molar-refractivity contribution in [2.45, 2.75) is 13.1 Å². The molecule has 0 aliphatic carbocycles. The van der Waals surface area contributed by atoms with Crippen molar-refractivity contribution in [3.05, 3.63) is 65.5 Å². The van der Waals surface area contributed by atoms with E-state index in [9.17, 15) is 4.79 Å². The van der Waals surface area contributed by atoms with Crippen molar-refractivity contribution in [2.75, 3.05) is 14.2 Å². The zero-order valence-corrected chi connectivity index (χ0v) is 11.7. The Morgan fingerprint density at radius 3 is 2.70 bits per heavy atom. The van der Waals surface area contributed by atoms with Gasteiger partial charge in [-0.1, -0.05) is 24.3 Å². The van der Waals surface area contributed by atoms with Crippen LogP contribution in [-0.4, -0.2) is 30.0 Å². The number of esters is 1. The van der Waals surface area contributed by atoms with Gasteiger partial charge in [-0.15, -0.1) is 0 Å². The number of nitrogens with zero attached hydrogens (tertiary/aromatic N) is 2. The van der Waals surface area contributed by atoms with Gasteiger partial charge in [0.25, 0.3) is 0 Å². The van der Waals surface area contributed by atoms with E-state index in [1.54, 1.807) is 12.3 Å². The third kappa shape index (κ3) is 3.65. The van der Waals surface area contributed by atoms with Gasteiger partial charge in [0.1, 0.15) is 0 Å². The van der Waals surface area contributed by atoms with E-state index in [1.165, 1.54) is 7.11 Å². The molecule has 0 aliphatic heterocycles. The molecule has 2 rings (SSSR count). The molecule has 4 nitrogen and oxygen atoms in total. The van der Waals surface area contributed by atoms with Crippen LogP contribution in [0.2, 0.25) is 0 Å². The van der Waals surface area contributed by atoms with E-state index in [0.717, 1.165) is 17.7 Å². The Bertz CT molecular complexity index is 570. The Hall–Kier alpha value is -2.20. The maximum Gasteiger partial charge on any atom is 0.338 e. The molecule has 1 aromatic carbocycles. The molecule has 4 heteroatoms. The minimum absolute atomic E-state index is 0.296. The molecule has 20 heavy (non-hydrogen) atoms. The van der Waals surface area contributed by atoms with Crippen molar-refractivity contribution in [2.24, 2.45) is 0 Å². The van der Waals surface area contributed by atoms with Gasteiger partial charge in [-0.25, -0.2) is 4.79 Å². The summed E-state index contributed by atoms with van der Waals surface area (Å²) < 4.78 is 4.81. The zero-order chi connectivity index (χ0) is 14.4. The highest BCUT2D eigenvalue weighted by molar-refractivity contribution is 5.90. The highest BCUT2D eigenvalue weighted by atomic mass is 16.5. The van der Waals surface area contributed by atoms with Crippen molar-refractivity contribution >= 4 is 5.97 Å². The molecule has 0 atom stereocenters. The third-order valence-corrected chi connectivity index (χ3v) is 3.04. The molecule has 2 aromatic rings. The molecule has 0 bridgehead atoms. The number of carbonyl (C=O) groups is 1. The van der Waals surface area contributed by atoms with E-state index in [2.05, 4.69) is 9.88 Å². The lowest BCUT2D eigenvalue weighted by atomic mass is 10.1. The average molecular weight is 270 g/mol. The van der Waals surface area contributed by atoms with Gasteiger partial charge in [-0.2, -0.15) is 0 Å². The van der Waals surface area contributed by atoms with Crippen LogP contribution in [0.4, 0.5) is 0 Å². The summed E-state index contributed by atoms with van der Waals surface area (Å²) >= 11 is 0. The van der Waals surface area contributed by atoms with Crippen LogP contribution in [0, 0.1) is 0 Å². The number of hydrogen-bond donors (Lipinski definition) is 0. The smallest absolute Gasteiger partial charge is 0.338 e. The van der Waals surface area contributed by atoms with E-state index < -0.39 is 0 Å². The average Bonchev–Trinajstić information content (AvgIpc) is 2.48. The number of aromatic nitrogens is 1. The first kappa shape index (κ1) is 14.2. The molecule has 0 aliphatic rings. The minimum atomic E-state index is -0.296. The van der Waals surface area contributed by atoms with Crippen LogP contribution in [0.25, 0.3) is 0 Å². The molecule has 0 spiro atoms. The normalized spacial score (nSPS) is 10.6. The van der Waals surface area contributed by atoms with Gasteiger partial charge in [0.05, 0.1) is 12.7 Å². The predicted molar refractivity (Wildman–Crippen MR) is 77.2 cm³/mol. The van der Waals surface area contributed by atoms with Crippen molar-refractivity contribution in [1.29, 1.82) is 0 Å². The van der Waals surface area contributed by atoms with Crippen molar-refractivity contribution in [3.8, 4) is 0 Å². The summed E-state index contributed by atoms with van der Waals surface area (Å²) in [5, 5.41) is 0. The summed E-state index contributed by atoms with van der Waals surface area (Å²) in [6.07, 6.45) is 3.61. The number of carbonyl (C=O) groups excluding carboxylic acids is 1. The molecule has 1 heterocycles. The predicted octanol–water partition coefficient (Wildman–Crippen LogP) is 2.50. The van der Waals surface area contributed by atoms with Crippen LogP contribution in [0.15, 0.2) is 48.8 Å². The Kier molecular flexibility index (Phi) is 4.85. The van der Waals surface area contributed by atoms with Gasteiger partial charge in [0.2, 0.25) is 0 Å². The molecule has 1 aromatic heterocycles. The second kappa shape index (κ2) is 6.82. The lowest BCUT2D eigenvalue weighted by Gasteiger charge is -2.18. The Morgan fingerprint density at radius 1 is 1.20 bits per heavy atom. The maximum absolute atomic E-state index is 11.7. The fraction of sp³-hybridized carbons (Fsp3) is 0.250. The van der Waals surface area contributed by atoms with E-state index >= 15 is 0 Å². The van der Waals surface area contributed by atoms with Crippen molar-refractivity contribution in [3.63, 3.8) is 0 Å². The first-order chi connectivity index (χ1) is 9.70. The van der Waals surface area contributed by atoms with E-state index in [4.69, 9.17) is 4.74 Å². The number of hydrogen-bond acceptors (Lipinski definition) is 4. The van der Waals surface area contributed by atoms with Gasteiger partial charge in [-0.05, 0) is 30.3 Å². The standard InChI is InChI=1S/C16H18N2O2/c1-18(11-13-6-5-9-17-10-13)12-14-7-3-4-8-15(14)16(19)20-2/h3-10H,11-12H2,1-2H3. The van der Waals surface area contributed by atoms with Crippen molar-refractivity contribution in [1.82, 2.24) is 9.88 Å². The van der Waals surface area contributed by atoms with E-state index in [-0.39, 0.29) is 5.97 Å². The summed E-state index contributed by atoms with van der Waals surface area (Å²) in [6.45, 7) is 1.46. The lowest BCUT2D eigenvalue weighted by molar-refractivity contribution is 0.0598. The fourth-order valence-corrected chi connectivity index (χ4v) is 2.12. The molecular weight excluding hydrogens is 252 g/mol. The van der Waals surface area contributed by atoms with Crippen LogP contribution in [-0.2, 0) is 17.8 Å². The summed E-state index contributed by atoms with van der Waals surface area (Å²) in [5.74, 6) is -0.296. The number of benzene rings is 1. The van der Waals surface area contributed by atoms with Crippen LogP contribution < -0.4 is 0 Å². The van der Waals surface area contributed by atoms with Gasteiger partial charge in [0, 0.05) is 25.5 Å². The van der Waals surface area contributed by atoms with Gasteiger partial charge >= 0.3 is 5.97 Å². The zero-order valence-electron chi connectivity index (χ0n) is 11.7. The number of ether oxygens (including phenoxy) is 1. The first-order valence-electron chi connectivity index (χ1n) is 6.44. The Balaban J connectivity index is 2.08. The number of pyridine rings is 1. The van der Waals surface area contributed by atoms with Crippen LogP contribution in [0.3, 0.4) is 0 Å². The quantitative estimate of drug-likeness (QED) is 0.783. The summed E-state index contributed by atoms with van der Waals surface area (Å²) in [5.41, 5.74) is 2.73. The molecule has 0 N–H and O–H groups in total. The molecular formula is C16H18N2O2. The first-order valence-corrected chi connectivity index (χ1v) is 6.44. The second-order valence-electron chi connectivity index (χ2n) is 4.68. The Labute approximate surface area is 119 Å². The maximum atomic E-state index is 11.7. The molecule has 0 saturated carbocycles. The molecule has 104 valence electrons. The largest absolute Gasteiger partial charge is 0.465 e. The van der Waals surface area contributed by atoms with Gasteiger partial charge < -0.3 is 4.74 Å². The summed E-state index contributed by atoms with van der Waals surface area (Å²) in [6, 6.07) is 11.5. The monoisotopic (exact) mass is 270 g/mol. The fourth-order valence-electron chi connectivity index (χ4n) is 2.12. The molecule has 0 radical (unpaired) electrons. The molecule has 0 unspecified atom stereocenters. The molecule has 0 amide bonds. The van der Waals surface area contributed by atoms with Crippen LogP contribution >= 0.6 is 0 Å². The summed E-state index contributed by atoms with van der Waals surface area (Å²) in [4.78, 5) is 18.0. The topological polar surface area (TPSA) is 42.4 Å². The van der Waals surface area contributed by atoms with Crippen molar-refractivity contribution < 1.29 is 9.53 Å².